The van der Waals surface area contributed by atoms with E-state index in [0.717, 1.165) is 13.0 Å². The lowest BCUT2D eigenvalue weighted by atomic mass is 10.3. The Balaban J connectivity index is 2.33. The maximum absolute atomic E-state index is 11.9. The van der Waals surface area contributed by atoms with Gasteiger partial charge in [0.2, 0.25) is 11.8 Å². The highest BCUT2D eigenvalue weighted by atomic mass is 19.4. The van der Waals surface area contributed by atoms with Crippen molar-refractivity contribution in [3.8, 4) is 5.88 Å². The highest BCUT2D eigenvalue weighted by Crippen LogP contribution is 2.21. The van der Waals surface area contributed by atoms with Gasteiger partial charge in [-0.3, -0.25) is 0 Å². The third kappa shape index (κ3) is 6.27. The van der Waals surface area contributed by atoms with Gasteiger partial charge in [-0.25, -0.2) is 4.98 Å². The zero-order valence-electron chi connectivity index (χ0n) is 10.1. The number of nitrogens with zero attached hydrogens (tertiary/aromatic N) is 2. The predicted molar refractivity (Wildman–Crippen MR) is 61.6 cm³/mol. The Labute approximate surface area is 104 Å². The van der Waals surface area contributed by atoms with Crippen LogP contribution in [0.25, 0.3) is 0 Å². The van der Waals surface area contributed by atoms with E-state index in [-0.39, 0.29) is 18.9 Å². The standard InChI is InChI=1S/C11H16F3N3O/c1-2-6-15-10-16-7-4-9(17-10)18-8-3-5-11(12,13)14/h4,7H,2-3,5-6,8H2,1H3,(H,15,16,17). The van der Waals surface area contributed by atoms with E-state index >= 15 is 0 Å². The summed E-state index contributed by atoms with van der Waals surface area (Å²) < 4.78 is 40.8. The molecular weight excluding hydrogens is 247 g/mol. The number of nitrogens with one attached hydrogen (secondary N) is 1. The molecule has 0 bridgehead atoms. The van der Waals surface area contributed by atoms with Crippen LogP contribution in [0.15, 0.2) is 12.3 Å². The van der Waals surface area contributed by atoms with E-state index in [4.69, 9.17) is 4.74 Å². The maximum atomic E-state index is 11.9. The van der Waals surface area contributed by atoms with Crippen LogP contribution in [-0.4, -0.2) is 29.3 Å². The SMILES string of the molecule is CCCNc1nccc(OCCCC(F)(F)F)n1. The van der Waals surface area contributed by atoms with E-state index < -0.39 is 12.6 Å². The number of ether oxygens (including phenoxy) is 1. The summed E-state index contributed by atoms with van der Waals surface area (Å²) in [4.78, 5) is 7.98. The number of anilines is 1. The van der Waals surface area contributed by atoms with Gasteiger partial charge >= 0.3 is 6.18 Å². The Morgan fingerprint density at radius 3 is 2.83 bits per heavy atom. The molecule has 0 aliphatic heterocycles. The molecule has 1 aromatic heterocycles. The summed E-state index contributed by atoms with van der Waals surface area (Å²) in [6.07, 6.45) is -2.63. The van der Waals surface area contributed by atoms with Gasteiger partial charge in [-0.2, -0.15) is 18.2 Å². The molecule has 1 aromatic rings. The van der Waals surface area contributed by atoms with E-state index in [1.807, 2.05) is 6.92 Å². The number of alkyl halides is 3. The number of aromatic nitrogens is 2. The van der Waals surface area contributed by atoms with Crippen LogP contribution in [0, 0.1) is 0 Å². The smallest absolute Gasteiger partial charge is 0.389 e. The molecule has 0 aromatic carbocycles. The molecule has 1 heterocycles. The second kappa shape index (κ2) is 7.03. The molecule has 0 aliphatic carbocycles. The summed E-state index contributed by atoms with van der Waals surface area (Å²) in [5.41, 5.74) is 0. The Kier molecular flexibility index (Phi) is 5.67. The second-order valence-corrected chi connectivity index (χ2v) is 3.71. The Morgan fingerprint density at radius 2 is 2.17 bits per heavy atom. The van der Waals surface area contributed by atoms with Gasteiger partial charge in [-0.15, -0.1) is 0 Å². The van der Waals surface area contributed by atoms with Crippen molar-refractivity contribution in [3.05, 3.63) is 12.3 Å². The van der Waals surface area contributed by atoms with Crippen LogP contribution < -0.4 is 10.1 Å². The lowest BCUT2D eigenvalue weighted by Gasteiger charge is -2.08. The average molecular weight is 263 g/mol. The number of halogens is 3. The van der Waals surface area contributed by atoms with Gasteiger partial charge in [0.25, 0.3) is 0 Å². The lowest BCUT2D eigenvalue weighted by Crippen LogP contribution is -2.10. The van der Waals surface area contributed by atoms with Crippen LogP contribution in [0.4, 0.5) is 19.1 Å². The normalized spacial score (nSPS) is 11.3. The maximum Gasteiger partial charge on any atom is 0.389 e. The largest absolute Gasteiger partial charge is 0.478 e. The first-order valence-corrected chi connectivity index (χ1v) is 5.77. The number of rotatable bonds is 7. The van der Waals surface area contributed by atoms with E-state index in [0.29, 0.717) is 5.95 Å². The average Bonchev–Trinajstić information content (AvgIpc) is 2.31. The van der Waals surface area contributed by atoms with Crippen LogP contribution in [0.3, 0.4) is 0 Å². The van der Waals surface area contributed by atoms with E-state index in [2.05, 4.69) is 15.3 Å². The third-order valence-electron chi connectivity index (χ3n) is 2.02. The van der Waals surface area contributed by atoms with Crippen molar-refractivity contribution in [1.82, 2.24) is 9.97 Å². The fourth-order valence-corrected chi connectivity index (χ4v) is 1.19. The van der Waals surface area contributed by atoms with Crippen LogP contribution in [0.5, 0.6) is 5.88 Å². The van der Waals surface area contributed by atoms with Crippen molar-refractivity contribution in [3.63, 3.8) is 0 Å². The summed E-state index contributed by atoms with van der Waals surface area (Å²) in [6.45, 7) is 2.73. The molecule has 18 heavy (non-hydrogen) atoms. The highest BCUT2D eigenvalue weighted by Gasteiger charge is 2.26. The van der Waals surface area contributed by atoms with Crippen molar-refractivity contribution >= 4 is 5.95 Å². The van der Waals surface area contributed by atoms with Crippen LogP contribution >= 0.6 is 0 Å². The summed E-state index contributed by atoms with van der Waals surface area (Å²) in [5, 5.41) is 2.97. The van der Waals surface area contributed by atoms with Gasteiger partial charge in [0.05, 0.1) is 6.61 Å². The fourth-order valence-electron chi connectivity index (χ4n) is 1.19. The molecule has 102 valence electrons. The molecule has 0 spiro atoms. The molecule has 0 saturated carbocycles. The van der Waals surface area contributed by atoms with Gasteiger partial charge in [-0.05, 0) is 12.8 Å². The zero-order valence-corrected chi connectivity index (χ0v) is 10.1. The minimum atomic E-state index is -4.14. The second-order valence-electron chi connectivity index (χ2n) is 3.71. The molecule has 0 radical (unpaired) electrons. The van der Waals surface area contributed by atoms with Crippen LogP contribution in [0.2, 0.25) is 0 Å². The molecule has 0 fully saturated rings. The van der Waals surface area contributed by atoms with Crippen LogP contribution in [0.1, 0.15) is 26.2 Å². The van der Waals surface area contributed by atoms with Gasteiger partial charge in [0.15, 0.2) is 0 Å². The molecule has 0 amide bonds. The molecule has 1 N–H and O–H groups in total. The van der Waals surface area contributed by atoms with Gasteiger partial charge in [0.1, 0.15) is 0 Å². The number of hydrogen-bond acceptors (Lipinski definition) is 4. The van der Waals surface area contributed by atoms with E-state index in [1.54, 1.807) is 0 Å². The van der Waals surface area contributed by atoms with Crippen molar-refractivity contribution < 1.29 is 17.9 Å². The first kappa shape index (κ1) is 14.5. The molecule has 4 nitrogen and oxygen atoms in total. The summed E-state index contributed by atoms with van der Waals surface area (Å²) in [6, 6.07) is 1.52. The monoisotopic (exact) mass is 263 g/mol. The molecular formula is C11H16F3N3O. The Bertz CT molecular complexity index is 358. The topological polar surface area (TPSA) is 47.0 Å². The van der Waals surface area contributed by atoms with Crippen molar-refractivity contribution in [1.29, 1.82) is 0 Å². The van der Waals surface area contributed by atoms with Gasteiger partial charge in [-0.1, -0.05) is 6.92 Å². The Hall–Kier alpha value is -1.53. The van der Waals surface area contributed by atoms with Crippen molar-refractivity contribution in [2.75, 3.05) is 18.5 Å². The molecule has 0 unspecified atom stereocenters. The fraction of sp³-hybridized carbons (Fsp3) is 0.636. The zero-order chi connectivity index (χ0) is 13.4. The molecule has 7 heteroatoms. The van der Waals surface area contributed by atoms with Crippen molar-refractivity contribution in [2.24, 2.45) is 0 Å². The molecule has 0 aliphatic rings. The quantitative estimate of drug-likeness (QED) is 0.768. The first-order chi connectivity index (χ1) is 8.51. The molecule has 1 rings (SSSR count). The van der Waals surface area contributed by atoms with Crippen molar-refractivity contribution in [2.45, 2.75) is 32.4 Å². The first-order valence-electron chi connectivity index (χ1n) is 5.77. The lowest BCUT2D eigenvalue weighted by molar-refractivity contribution is -0.136. The summed E-state index contributed by atoms with van der Waals surface area (Å²) in [7, 11) is 0. The Morgan fingerprint density at radius 1 is 1.39 bits per heavy atom. The molecule has 0 saturated heterocycles. The third-order valence-corrected chi connectivity index (χ3v) is 2.02. The van der Waals surface area contributed by atoms with E-state index in [9.17, 15) is 13.2 Å². The van der Waals surface area contributed by atoms with Crippen LogP contribution in [-0.2, 0) is 0 Å². The number of hydrogen-bond donors (Lipinski definition) is 1. The molecule has 0 atom stereocenters. The highest BCUT2D eigenvalue weighted by molar-refractivity contribution is 5.27. The minimum Gasteiger partial charge on any atom is -0.478 e. The van der Waals surface area contributed by atoms with Gasteiger partial charge < -0.3 is 10.1 Å². The van der Waals surface area contributed by atoms with Gasteiger partial charge in [0, 0.05) is 25.2 Å². The van der Waals surface area contributed by atoms with E-state index in [1.165, 1.54) is 12.3 Å². The summed E-state index contributed by atoms with van der Waals surface area (Å²) in [5.74, 6) is 0.705. The predicted octanol–water partition coefficient (Wildman–Crippen LogP) is 3.02. The minimum absolute atomic E-state index is 0.0102. The summed E-state index contributed by atoms with van der Waals surface area (Å²) >= 11 is 0.